The zero-order valence-corrected chi connectivity index (χ0v) is 22.9. The number of nitrogens with one attached hydrogen (secondary N) is 1. The third-order valence-corrected chi connectivity index (χ3v) is 8.31. The van der Waals surface area contributed by atoms with Crippen LogP contribution in [-0.2, 0) is 16.3 Å². The Kier molecular flexibility index (Phi) is 10.4. The van der Waals surface area contributed by atoms with Crippen molar-refractivity contribution in [2.24, 2.45) is 0 Å². The molecule has 0 unspecified atom stereocenters. The van der Waals surface area contributed by atoms with Crippen molar-refractivity contribution in [3.05, 3.63) is 136 Å². The Morgan fingerprint density at radius 1 is 0.632 bits per heavy atom. The van der Waals surface area contributed by atoms with Crippen molar-refractivity contribution in [3.8, 4) is 0 Å². The molecule has 0 radical (unpaired) electrons. The molecule has 38 heavy (non-hydrogen) atoms. The summed E-state index contributed by atoms with van der Waals surface area (Å²) in [6, 6.07) is 36.3. The van der Waals surface area contributed by atoms with Crippen LogP contribution >= 0.6 is 35.3 Å². The summed E-state index contributed by atoms with van der Waals surface area (Å²) in [6.45, 7) is 0. The van der Waals surface area contributed by atoms with Crippen LogP contribution in [0.1, 0.15) is 27.0 Å². The Labute approximate surface area is 235 Å². The molecule has 1 aliphatic rings. The Hall–Kier alpha value is -3.52. The highest BCUT2D eigenvalue weighted by atomic mass is 32.2. The number of thioether (sulfide) groups is 3. The second-order valence-electron chi connectivity index (χ2n) is 8.16. The molecule has 4 aromatic carbocycles. The zero-order chi connectivity index (χ0) is 26.6. The molecule has 4 nitrogen and oxygen atoms in total. The third kappa shape index (κ3) is 8.80. The van der Waals surface area contributed by atoms with Gasteiger partial charge in [0.05, 0.1) is 4.91 Å². The van der Waals surface area contributed by atoms with Crippen LogP contribution in [0.3, 0.4) is 0 Å². The monoisotopic (exact) mass is 555 g/mol. The van der Waals surface area contributed by atoms with Crippen LogP contribution in [0.25, 0.3) is 6.08 Å². The van der Waals surface area contributed by atoms with Gasteiger partial charge in [-0.1, -0.05) is 84.9 Å². The number of benzene rings is 4. The SMILES string of the molecule is O=C1NC(=O)/C(=C/c2ccc(SCc3ccccc3)cc2)S1.O=Cc1ccc(SCc2ccccc2)cc1. The molecular formula is C31H25NO3S3. The maximum Gasteiger partial charge on any atom is 0.290 e. The van der Waals surface area contributed by atoms with Gasteiger partial charge in [-0.2, -0.15) is 0 Å². The van der Waals surface area contributed by atoms with Crippen LogP contribution in [-0.4, -0.2) is 17.4 Å². The molecule has 190 valence electrons. The molecule has 0 bridgehead atoms. The molecule has 1 fully saturated rings. The minimum atomic E-state index is -0.322. The number of hydrogen-bond donors (Lipinski definition) is 1. The highest BCUT2D eigenvalue weighted by molar-refractivity contribution is 8.18. The maximum absolute atomic E-state index is 11.5. The summed E-state index contributed by atoms with van der Waals surface area (Å²) in [6.07, 6.45) is 2.60. The number of amides is 2. The molecule has 0 spiro atoms. The van der Waals surface area contributed by atoms with Crippen molar-refractivity contribution in [3.63, 3.8) is 0 Å². The van der Waals surface area contributed by atoms with Gasteiger partial charge in [-0.05, 0) is 58.8 Å². The number of carbonyl (C=O) groups excluding carboxylic acids is 3. The average Bonchev–Trinajstić information content (AvgIpc) is 3.29. The predicted octanol–water partition coefficient (Wildman–Crippen LogP) is 8.09. The fraction of sp³-hybridized carbons (Fsp3) is 0.0645. The van der Waals surface area contributed by atoms with Crippen molar-refractivity contribution < 1.29 is 14.4 Å². The van der Waals surface area contributed by atoms with Gasteiger partial charge in [0.2, 0.25) is 0 Å². The van der Waals surface area contributed by atoms with Crippen molar-refractivity contribution >= 4 is 58.8 Å². The van der Waals surface area contributed by atoms with Gasteiger partial charge < -0.3 is 0 Å². The molecule has 1 aliphatic heterocycles. The summed E-state index contributed by atoms with van der Waals surface area (Å²) in [5, 5.41) is 1.94. The summed E-state index contributed by atoms with van der Waals surface area (Å²) < 4.78 is 0. The molecule has 1 N–H and O–H groups in total. The van der Waals surface area contributed by atoms with Gasteiger partial charge in [0.15, 0.2) is 0 Å². The standard InChI is InChI=1S/C17H13NO2S2.C14H12OS/c19-16-15(22-17(20)18-16)10-12-6-8-14(9-7-12)21-11-13-4-2-1-3-5-13;15-10-12-6-8-14(9-7-12)16-11-13-4-2-1-3-5-13/h1-10H,11H2,(H,18,19,20);1-10H,11H2/b15-10-;. The van der Waals surface area contributed by atoms with E-state index in [0.29, 0.717) is 4.91 Å². The zero-order valence-electron chi connectivity index (χ0n) is 20.4. The van der Waals surface area contributed by atoms with E-state index < -0.39 is 0 Å². The summed E-state index contributed by atoms with van der Waals surface area (Å²) in [5.41, 5.74) is 4.24. The highest BCUT2D eigenvalue weighted by Gasteiger charge is 2.24. The first-order valence-corrected chi connectivity index (χ1v) is 14.6. The molecule has 0 atom stereocenters. The van der Waals surface area contributed by atoms with Crippen LogP contribution in [0.4, 0.5) is 4.79 Å². The Bertz CT molecular complexity index is 1390. The molecule has 4 aromatic rings. The Morgan fingerprint density at radius 2 is 1.11 bits per heavy atom. The smallest absolute Gasteiger partial charge is 0.290 e. The maximum atomic E-state index is 11.5. The van der Waals surface area contributed by atoms with Gasteiger partial charge in [-0.25, -0.2) is 0 Å². The normalized spacial score (nSPS) is 13.5. The highest BCUT2D eigenvalue weighted by Crippen LogP contribution is 2.27. The molecule has 0 aromatic heterocycles. The lowest BCUT2D eigenvalue weighted by atomic mass is 10.2. The van der Waals surface area contributed by atoms with E-state index in [1.165, 1.54) is 20.9 Å². The van der Waals surface area contributed by atoms with Crippen LogP contribution in [0.2, 0.25) is 0 Å². The first-order chi connectivity index (χ1) is 18.6. The summed E-state index contributed by atoms with van der Waals surface area (Å²) >= 11 is 4.48. The average molecular weight is 556 g/mol. The van der Waals surface area contributed by atoms with E-state index in [2.05, 4.69) is 29.6 Å². The quantitative estimate of drug-likeness (QED) is 0.135. The fourth-order valence-electron chi connectivity index (χ4n) is 3.36. The second kappa shape index (κ2) is 14.4. The third-order valence-electron chi connectivity index (χ3n) is 5.33. The van der Waals surface area contributed by atoms with Crippen LogP contribution in [0.15, 0.2) is 124 Å². The van der Waals surface area contributed by atoms with Gasteiger partial charge in [0, 0.05) is 26.9 Å². The molecule has 1 heterocycles. The number of rotatable bonds is 8. The van der Waals surface area contributed by atoms with E-state index >= 15 is 0 Å². The number of carbonyl (C=O) groups is 3. The number of hydrogen-bond acceptors (Lipinski definition) is 6. The Morgan fingerprint density at radius 3 is 1.53 bits per heavy atom. The van der Waals surface area contributed by atoms with Crippen LogP contribution < -0.4 is 5.32 Å². The van der Waals surface area contributed by atoms with Gasteiger partial charge in [-0.15, -0.1) is 23.5 Å². The second-order valence-corrected chi connectivity index (χ2v) is 11.3. The van der Waals surface area contributed by atoms with E-state index in [9.17, 15) is 14.4 Å². The first-order valence-electron chi connectivity index (χ1n) is 11.8. The molecule has 5 rings (SSSR count). The van der Waals surface area contributed by atoms with Gasteiger partial charge in [-0.3, -0.25) is 19.7 Å². The van der Waals surface area contributed by atoms with Gasteiger partial charge in [0.1, 0.15) is 6.29 Å². The summed E-state index contributed by atoms with van der Waals surface area (Å²) in [4.78, 5) is 35.9. The lowest BCUT2D eigenvalue weighted by molar-refractivity contribution is -0.115. The fourth-order valence-corrected chi connectivity index (χ4v) is 5.75. The first kappa shape index (κ1) is 27.5. The van der Waals surface area contributed by atoms with E-state index in [4.69, 9.17) is 0 Å². The van der Waals surface area contributed by atoms with Crippen molar-refractivity contribution in [2.75, 3.05) is 0 Å². The lowest BCUT2D eigenvalue weighted by Crippen LogP contribution is -2.17. The molecule has 0 saturated carbocycles. The molecule has 1 saturated heterocycles. The largest absolute Gasteiger partial charge is 0.298 e. The van der Waals surface area contributed by atoms with E-state index in [-0.39, 0.29) is 11.1 Å². The van der Waals surface area contributed by atoms with Gasteiger partial charge >= 0.3 is 0 Å². The molecular weight excluding hydrogens is 531 g/mol. The predicted molar refractivity (Wildman–Crippen MR) is 159 cm³/mol. The van der Waals surface area contributed by atoms with Crippen LogP contribution in [0.5, 0.6) is 0 Å². The lowest BCUT2D eigenvalue weighted by Gasteiger charge is -2.03. The topological polar surface area (TPSA) is 63.2 Å². The summed E-state index contributed by atoms with van der Waals surface area (Å²) in [5.74, 6) is 1.56. The summed E-state index contributed by atoms with van der Waals surface area (Å²) in [7, 11) is 0. The van der Waals surface area contributed by atoms with Crippen LogP contribution in [0, 0.1) is 0 Å². The van der Waals surface area contributed by atoms with E-state index in [1.807, 2.05) is 84.9 Å². The van der Waals surface area contributed by atoms with E-state index in [0.717, 1.165) is 40.7 Å². The van der Waals surface area contributed by atoms with Crippen molar-refractivity contribution in [1.82, 2.24) is 5.32 Å². The molecule has 7 heteroatoms. The minimum Gasteiger partial charge on any atom is -0.298 e. The van der Waals surface area contributed by atoms with Gasteiger partial charge in [0.25, 0.3) is 11.1 Å². The van der Waals surface area contributed by atoms with Crippen molar-refractivity contribution in [1.29, 1.82) is 0 Å². The van der Waals surface area contributed by atoms with Crippen molar-refractivity contribution in [2.45, 2.75) is 21.3 Å². The minimum absolute atomic E-state index is 0.314. The molecule has 0 aliphatic carbocycles. The number of imide groups is 1. The number of aldehydes is 1. The molecule has 2 amide bonds. The van der Waals surface area contributed by atoms with E-state index in [1.54, 1.807) is 29.6 Å². The Balaban J connectivity index is 0.000000186.